The molecule has 1 heterocycles. The van der Waals surface area contributed by atoms with Crippen LogP contribution in [0.15, 0.2) is 0 Å². The van der Waals surface area contributed by atoms with Gasteiger partial charge in [0.1, 0.15) is 0 Å². The molecule has 12 heavy (non-hydrogen) atoms. The molecule has 1 rings (SSSR count). The molecule has 0 aromatic rings. The molecule has 0 spiro atoms. The van der Waals surface area contributed by atoms with Crippen LogP contribution in [0.4, 0.5) is 0 Å². The van der Waals surface area contributed by atoms with E-state index >= 15 is 0 Å². The fraction of sp³-hybridized carbons (Fsp3) is 0.900. The number of nitrogens with zero attached hydrogens (tertiary/aromatic N) is 1. The van der Waals surface area contributed by atoms with Gasteiger partial charge in [-0.05, 0) is 26.9 Å². The van der Waals surface area contributed by atoms with Crippen LogP contribution in [0.2, 0.25) is 0 Å². The summed E-state index contributed by atoms with van der Waals surface area (Å²) in [4.78, 5) is 2.58. The van der Waals surface area contributed by atoms with Crippen LogP contribution in [-0.4, -0.2) is 24.0 Å². The predicted molar refractivity (Wildman–Crippen MR) is 49.5 cm³/mol. The SMILES string of the molecule is C[C-]1CCCN(C(C)C)CC1.[Re]. The van der Waals surface area contributed by atoms with E-state index in [1.54, 1.807) is 5.92 Å². The van der Waals surface area contributed by atoms with Crippen LogP contribution >= 0.6 is 0 Å². The Kier molecular flexibility index (Phi) is 6.45. The minimum Gasteiger partial charge on any atom is -0.315 e. The van der Waals surface area contributed by atoms with Crippen LogP contribution in [0.5, 0.6) is 0 Å². The molecule has 1 fully saturated rings. The van der Waals surface area contributed by atoms with Crippen molar-refractivity contribution < 1.29 is 20.4 Å². The summed E-state index contributed by atoms with van der Waals surface area (Å²) < 4.78 is 0. The molecule has 0 aromatic heterocycles. The van der Waals surface area contributed by atoms with Gasteiger partial charge in [0, 0.05) is 26.5 Å². The average molecular weight is 340 g/mol. The molecular formula is C10H20NRe-. The van der Waals surface area contributed by atoms with E-state index in [0.717, 1.165) is 6.04 Å². The van der Waals surface area contributed by atoms with Crippen molar-refractivity contribution in [1.82, 2.24) is 4.90 Å². The summed E-state index contributed by atoms with van der Waals surface area (Å²) in [6.07, 6.45) is 4.03. The zero-order valence-electron chi connectivity index (χ0n) is 8.44. The standard InChI is InChI=1S/C10H20N.Re/c1-9(2)11-7-4-5-10(3)6-8-11;/h9H,4-8H2,1-3H3;/q-1;. The van der Waals surface area contributed by atoms with Crippen molar-refractivity contribution in [2.75, 3.05) is 13.1 Å². The Morgan fingerprint density at radius 1 is 1.17 bits per heavy atom. The van der Waals surface area contributed by atoms with Crippen LogP contribution in [0.25, 0.3) is 0 Å². The molecule has 0 aromatic carbocycles. The summed E-state index contributed by atoms with van der Waals surface area (Å²) >= 11 is 0. The van der Waals surface area contributed by atoms with Crippen LogP contribution in [0.3, 0.4) is 0 Å². The third kappa shape index (κ3) is 4.03. The molecular weight excluding hydrogens is 320 g/mol. The summed E-state index contributed by atoms with van der Waals surface area (Å²) in [5.41, 5.74) is 0. The molecule has 0 saturated carbocycles. The third-order valence-electron chi connectivity index (χ3n) is 2.60. The first-order valence-corrected chi connectivity index (χ1v) is 4.75. The maximum atomic E-state index is 2.58. The Balaban J connectivity index is 0.00000121. The summed E-state index contributed by atoms with van der Waals surface area (Å²) in [5, 5.41) is 0. The van der Waals surface area contributed by atoms with Gasteiger partial charge in [-0.3, -0.25) is 0 Å². The van der Waals surface area contributed by atoms with Crippen LogP contribution in [0, 0.1) is 5.92 Å². The van der Waals surface area contributed by atoms with E-state index in [-0.39, 0.29) is 20.4 Å². The van der Waals surface area contributed by atoms with E-state index in [1.807, 2.05) is 0 Å². The van der Waals surface area contributed by atoms with Crippen molar-refractivity contribution in [1.29, 1.82) is 0 Å². The fourth-order valence-electron chi connectivity index (χ4n) is 1.67. The first-order chi connectivity index (χ1) is 5.20. The largest absolute Gasteiger partial charge is 0.315 e. The second-order valence-corrected chi connectivity index (χ2v) is 3.94. The van der Waals surface area contributed by atoms with E-state index in [0.29, 0.717) is 0 Å². The molecule has 73 valence electrons. The minimum atomic E-state index is 0. The van der Waals surface area contributed by atoms with Gasteiger partial charge in [0.15, 0.2) is 0 Å². The van der Waals surface area contributed by atoms with Crippen LogP contribution in [0.1, 0.15) is 40.0 Å². The summed E-state index contributed by atoms with van der Waals surface area (Å²) in [6.45, 7) is 9.46. The topological polar surface area (TPSA) is 3.24 Å². The normalized spacial score (nSPS) is 22.0. The monoisotopic (exact) mass is 341 g/mol. The van der Waals surface area contributed by atoms with E-state index in [2.05, 4.69) is 25.7 Å². The molecule has 1 aliphatic heterocycles. The van der Waals surface area contributed by atoms with Crippen molar-refractivity contribution in [2.45, 2.75) is 46.1 Å². The maximum Gasteiger partial charge on any atom is 0.00375 e. The van der Waals surface area contributed by atoms with Crippen molar-refractivity contribution in [3.8, 4) is 0 Å². The number of likely N-dealkylation sites (tertiary alicyclic amines) is 1. The first-order valence-electron chi connectivity index (χ1n) is 4.75. The predicted octanol–water partition coefficient (Wildman–Crippen LogP) is 2.47. The van der Waals surface area contributed by atoms with Gasteiger partial charge in [-0.1, -0.05) is 6.42 Å². The quantitative estimate of drug-likeness (QED) is 0.663. The molecule has 0 unspecified atom stereocenters. The van der Waals surface area contributed by atoms with Crippen molar-refractivity contribution in [2.24, 2.45) is 0 Å². The molecule has 0 aliphatic carbocycles. The van der Waals surface area contributed by atoms with Crippen LogP contribution < -0.4 is 0 Å². The van der Waals surface area contributed by atoms with E-state index in [9.17, 15) is 0 Å². The Morgan fingerprint density at radius 3 is 2.42 bits per heavy atom. The molecule has 1 nitrogen and oxygen atoms in total. The number of rotatable bonds is 1. The summed E-state index contributed by atoms with van der Waals surface area (Å²) in [5.74, 6) is 1.69. The fourth-order valence-corrected chi connectivity index (χ4v) is 1.67. The third-order valence-corrected chi connectivity index (χ3v) is 2.60. The molecule has 2 heteroatoms. The molecule has 0 bridgehead atoms. The van der Waals surface area contributed by atoms with E-state index < -0.39 is 0 Å². The second-order valence-electron chi connectivity index (χ2n) is 3.94. The van der Waals surface area contributed by atoms with Gasteiger partial charge in [0.25, 0.3) is 0 Å². The van der Waals surface area contributed by atoms with E-state index in [4.69, 9.17) is 0 Å². The number of hydrogen-bond acceptors (Lipinski definition) is 1. The Bertz CT molecular complexity index is 114. The zero-order chi connectivity index (χ0) is 8.27. The molecule has 0 amide bonds. The smallest absolute Gasteiger partial charge is 0.00375 e. The Hall–Kier alpha value is 0.622. The second kappa shape index (κ2) is 6.13. The van der Waals surface area contributed by atoms with Gasteiger partial charge < -0.3 is 10.8 Å². The molecule has 1 saturated heterocycles. The number of hydrogen-bond donors (Lipinski definition) is 0. The Labute approximate surface area is 90.6 Å². The molecule has 0 N–H and O–H groups in total. The van der Waals surface area contributed by atoms with Gasteiger partial charge in [0.05, 0.1) is 0 Å². The van der Waals surface area contributed by atoms with Gasteiger partial charge in [0.2, 0.25) is 0 Å². The summed E-state index contributed by atoms with van der Waals surface area (Å²) in [7, 11) is 0. The van der Waals surface area contributed by atoms with Crippen LogP contribution in [-0.2, 0) is 20.4 Å². The van der Waals surface area contributed by atoms with Crippen molar-refractivity contribution >= 4 is 0 Å². The van der Waals surface area contributed by atoms with Crippen molar-refractivity contribution in [3.05, 3.63) is 5.92 Å². The van der Waals surface area contributed by atoms with Gasteiger partial charge in [-0.2, -0.15) is 19.8 Å². The van der Waals surface area contributed by atoms with Gasteiger partial charge in [-0.25, -0.2) is 0 Å². The first kappa shape index (κ1) is 12.6. The van der Waals surface area contributed by atoms with E-state index in [1.165, 1.54) is 32.4 Å². The maximum absolute atomic E-state index is 2.58. The summed E-state index contributed by atoms with van der Waals surface area (Å²) in [6, 6.07) is 0.737. The molecule has 1 aliphatic rings. The molecule has 1 radical (unpaired) electrons. The van der Waals surface area contributed by atoms with Crippen molar-refractivity contribution in [3.63, 3.8) is 0 Å². The molecule has 0 atom stereocenters. The minimum absolute atomic E-state index is 0. The van der Waals surface area contributed by atoms with Gasteiger partial charge in [-0.15, -0.1) is 0 Å². The Morgan fingerprint density at radius 2 is 1.83 bits per heavy atom. The zero-order valence-corrected chi connectivity index (χ0v) is 11.2. The average Bonchev–Trinajstić information content (AvgIpc) is 2.13. The van der Waals surface area contributed by atoms with Gasteiger partial charge >= 0.3 is 0 Å².